The molecule has 6 nitrogen and oxygen atoms in total. The number of aromatic nitrogens is 3. The Kier molecular flexibility index (Phi) is 5.29. The van der Waals surface area contributed by atoms with Gasteiger partial charge in [-0.25, -0.2) is 13.8 Å². The maximum absolute atomic E-state index is 13.6. The van der Waals surface area contributed by atoms with Crippen molar-refractivity contribution in [3.05, 3.63) is 65.0 Å². The van der Waals surface area contributed by atoms with Crippen molar-refractivity contribution >= 4 is 5.82 Å². The summed E-state index contributed by atoms with van der Waals surface area (Å²) in [6.45, 7) is 2.77. The van der Waals surface area contributed by atoms with E-state index in [4.69, 9.17) is 4.98 Å². The average molecular weight is 414 g/mol. The zero-order chi connectivity index (χ0) is 21.5. The van der Waals surface area contributed by atoms with Crippen molar-refractivity contribution in [2.24, 2.45) is 7.05 Å². The van der Waals surface area contributed by atoms with Gasteiger partial charge in [0.25, 0.3) is 0 Å². The predicted octanol–water partition coefficient (Wildman–Crippen LogP) is 3.05. The van der Waals surface area contributed by atoms with Crippen molar-refractivity contribution in [2.45, 2.75) is 32.0 Å². The maximum atomic E-state index is 13.6. The molecule has 1 aliphatic rings. The van der Waals surface area contributed by atoms with Gasteiger partial charge < -0.3 is 15.1 Å². The Labute approximate surface area is 173 Å². The number of nitrogens with zero attached hydrogens (tertiary/aromatic N) is 4. The molecule has 0 saturated carbocycles. The van der Waals surface area contributed by atoms with Crippen molar-refractivity contribution in [2.75, 3.05) is 18.0 Å². The molecule has 4 rings (SSSR count). The zero-order valence-corrected chi connectivity index (χ0v) is 16.9. The molecule has 3 aromatic rings. The van der Waals surface area contributed by atoms with Crippen LogP contribution < -0.4 is 4.90 Å². The number of hydrogen-bond donors (Lipinski definition) is 2. The van der Waals surface area contributed by atoms with E-state index in [-0.39, 0.29) is 6.61 Å². The number of anilines is 1. The summed E-state index contributed by atoms with van der Waals surface area (Å²) < 4.78 is 28.6. The van der Waals surface area contributed by atoms with E-state index in [0.29, 0.717) is 37.3 Å². The molecule has 1 aliphatic heterocycles. The third-order valence-electron chi connectivity index (χ3n) is 5.72. The Morgan fingerprint density at radius 3 is 2.43 bits per heavy atom. The third-order valence-corrected chi connectivity index (χ3v) is 5.72. The first-order valence-electron chi connectivity index (χ1n) is 9.84. The van der Waals surface area contributed by atoms with Crippen LogP contribution in [0.1, 0.15) is 29.7 Å². The summed E-state index contributed by atoms with van der Waals surface area (Å²) in [7, 11) is 1.84. The van der Waals surface area contributed by atoms with E-state index in [0.717, 1.165) is 34.6 Å². The maximum Gasteiger partial charge on any atom is 0.159 e. The molecule has 1 saturated heterocycles. The Hall–Kier alpha value is -2.84. The van der Waals surface area contributed by atoms with Crippen molar-refractivity contribution in [1.29, 1.82) is 0 Å². The van der Waals surface area contributed by atoms with Crippen LogP contribution in [0.4, 0.5) is 14.6 Å². The van der Waals surface area contributed by atoms with Gasteiger partial charge in [-0.3, -0.25) is 4.68 Å². The van der Waals surface area contributed by atoms with E-state index >= 15 is 0 Å². The fraction of sp³-hybridized carbons (Fsp3) is 0.364. The summed E-state index contributed by atoms with van der Waals surface area (Å²) in [5, 5.41) is 25.1. The smallest absolute Gasteiger partial charge is 0.159 e. The molecule has 0 amide bonds. The van der Waals surface area contributed by atoms with Gasteiger partial charge in [-0.15, -0.1) is 0 Å². The van der Waals surface area contributed by atoms with Gasteiger partial charge >= 0.3 is 0 Å². The summed E-state index contributed by atoms with van der Waals surface area (Å²) in [5.41, 5.74) is 2.36. The van der Waals surface area contributed by atoms with Gasteiger partial charge in [0.15, 0.2) is 11.6 Å². The highest BCUT2D eigenvalue weighted by Crippen LogP contribution is 2.35. The number of rotatable bonds is 4. The van der Waals surface area contributed by atoms with Crippen LogP contribution in [-0.4, -0.2) is 38.1 Å². The van der Waals surface area contributed by atoms with E-state index in [2.05, 4.69) is 5.10 Å². The highest BCUT2D eigenvalue weighted by molar-refractivity contribution is 5.64. The van der Waals surface area contributed by atoms with Gasteiger partial charge in [0.2, 0.25) is 0 Å². The van der Waals surface area contributed by atoms with Crippen molar-refractivity contribution < 1.29 is 19.0 Å². The van der Waals surface area contributed by atoms with Crippen LogP contribution in [0.25, 0.3) is 11.3 Å². The molecular weight excluding hydrogens is 390 g/mol. The molecule has 2 aromatic heterocycles. The minimum atomic E-state index is -1.22. The first-order chi connectivity index (χ1) is 14.3. The molecule has 1 aromatic carbocycles. The Balaban J connectivity index is 1.59. The van der Waals surface area contributed by atoms with Gasteiger partial charge in [0, 0.05) is 31.9 Å². The lowest BCUT2D eigenvalue weighted by Gasteiger charge is -2.39. The van der Waals surface area contributed by atoms with Crippen molar-refractivity contribution in [1.82, 2.24) is 14.8 Å². The highest BCUT2D eigenvalue weighted by atomic mass is 19.2. The molecule has 3 heterocycles. The number of pyridine rings is 1. The van der Waals surface area contributed by atoms with Crippen molar-refractivity contribution in [3.8, 4) is 11.3 Å². The first kappa shape index (κ1) is 20.4. The van der Waals surface area contributed by atoms with Gasteiger partial charge in [-0.1, -0.05) is 6.07 Å². The molecule has 0 spiro atoms. The van der Waals surface area contributed by atoms with Crippen LogP contribution >= 0.6 is 0 Å². The number of piperidine rings is 1. The fourth-order valence-electron chi connectivity index (χ4n) is 3.99. The average Bonchev–Trinajstić information content (AvgIpc) is 3.08. The summed E-state index contributed by atoms with van der Waals surface area (Å²) in [6.07, 6.45) is 2.59. The molecule has 0 atom stereocenters. The summed E-state index contributed by atoms with van der Waals surface area (Å²) >= 11 is 0. The van der Waals surface area contributed by atoms with Crippen LogP contribution in [0.5, 0.6) is 0 Å². The van der Waals surface area contributed by atoms with Crippen LogP contribution in [-0.2, 0) is 19.3 Å². The van der Waals surface area contributed by atoms with Gasteiger partial charge in [-0.05, 0) is 55.2 Å². The molecule has 2 N–H and O–H groups in total. The number of benzene rings is 1. The SMILES string of the molecule is Cc1nn(C)cc1-c1cc(CO)cc(N2CCC(O)(c3ccc(F)c(F)c3)CC2)n1. The predicted molar refractivity (Wildman–Crippen MR) is 109 cm³/mol. The number of aliphatic hydroxyl groups excluding tert-OH is 1. The summed E-state index contributed by atoms with van der Waals surface area (Å²) in [6, 6.07) is 7.22. The minimum absolute atomic E-state index is 0.117. The standard InChI is InChI=1S/C22H24F2N4O2/c1-14-17(12-27(2)26-14)20-9-15(13-29)10-21(25-20)28-7-5-22(30,6-8-28)16-3-4-18(23)19(24)11-16/h3-4,9-12,29-30H,5-8,13H2,1-2H3. The quantitative estimate of drug-likeness (QED) is 0.687. The Morgan fingerprint density at radius 1 is 1.10 bits per heavy atom. The van der Waals surface area contributed by atoms with Gasteiger partial charge in [-0.2, -0.15) is 5.10 Å². The van der Waals surface area contributed by atoms with Crippen LogP contribution in [0, 0.1) is 18.6 Å². The lowest BCUT2D eigenvalue weighted by Crippen LogP contribution is -2.43. The molecule has 0 bridgehead atoms. The van der Waals surface area contributed by atoms with E-state index in [1.165, 1.54) is 6.07 Å². The second-order valence-electron chi connectivity index (χ2n) is 7.83. The fourth-order valence-corrected chi connectivity index (χ4v) is 3.99. The van der Waals surface area contributed by atoms with E-state index in [1.807, 2.05) is 37.2 Å². The van der Waals surface area contributed by atoms with E-state index < -0.39 is 17.2 Å². The molecule has 8 heteroatoms. The molecule has 1 fully saturated rings. The molecule has 30 heavy (non-hydrogen) atoms. The molecule has 0 unspecified atom stereocenters. The molecule has 0 aliphatic carbocycles. The number of aryl methyl sites for hydroxylation is 2. The Morgan fingerprint density at radius 2 is 1.83 bits per heavy atom. The zero-order valence-electron chi connectivity index (χ0n) is 16.9. The van der Waals surface area contributed by atoms with Crippen LogP contribution in [0.2, 0.25) is 0 Å². The first-order valence-corrected chi connectivity index (χ1v) is 9.84. The number of aliphatic hydroxyl groups is 2. The normalized spacial score (nSPS) is 16.1. The number of hydrogen-bond acceptors (Lipinski definition) is 5. The molecular formula is C22H24F2N4O2. The summed E-state index contributed by atoms with van der Waals surface area (Å²) in [5.74, 6) is -1.19. The highest BCUT2D eigenvalue weighted by Gasteiger charge is 2.35. The van der Waals surface area contributed by atoms with Crippen LogP contribution in [0.15, 0.2) is 36.5 Å². The second kappa shape index (κ2) is 7.77. The monoisotopic (exact) mass is 414 g/mol. The van der Waals surface area contributed by atoms with Gasteiger partial charge in [0.1, 0.15) is 5.82 Å². The minimum Gasteiger partial charge on any atom is -0.392 e. The lowest BCUT2D eigenvalue weighted by atomic mass is 9.84. The number of halogens is 2. The van der Waals surface area contributed by atoms with E-state index in [1.54, 1.807) is 4.68 Å². The van der Waals surface area contributed by atoms with Crippen molar-refractivity contribution in [3.63, 3.8) is 0 Å². The largest absolute Gasteiger partial charge is 0.392 e. The summed E-state index contributed by atoms with van der Waals surface area (Å²) in [4.78, 5) is 6.80. The second-order valence-corrected chi connectivity index (χ2v) is 7.83. The topological polar surface area (TPSA) is 74.4 Å². The van der Waals surface area contributed by atoms with E-state index in [9.17, 15) is 19.0 Å². The molecule has 158 valence electrons. The van der Waals surface area contributed by atoms with Crippen LogP contribution in [0.3, 0.4) is 0 Å². The third kappa shape index (κ3) is 3.80. The Bertz CT molecular complexity index is 1070. The lowest BCUT2D eigenvalue weighted by molar-refractivity contribution is 0.0113. The van der Waals surface area contributed by atoms with Gasteiger partial charge in [0.05, 0.1) is 23.6 Å². The molecule has 0 radical (unpaired) electrons.